The van der Waals surface area contributed by atoms with Crippen molar-refractivity contribution in [2.45, 2.75) is 19.6 Å². The van der Waals surface area contributed by atoms with E-state index in [1.165, 1.54) is 12.1 Å². The van der Waals surface area contributed by atoms with Crippen LogP contribution in [0.25, 0.3) is 0 Å². The van der Waals surface area contributed by atoms with Gasteiger partial charge in [-0.25, -0.2) is 4.39 Å². The SMILES string of the molecule is C=CCNC(=O)C(C)Oc1cc(F)cc(CO)c1. The summed E-state index contributed by atoms with van der Waals surface area (Å²) in [6.07, 6.45) is 0.801. The smallest absolute Gasteiger partial charge is 0.261 e. The first-order valence-electron chi connectivity index (χ1n) is 5.52. The molecule has 0 fully saturated rings. The molecule has 2 N–H and O–H groups in total. The Morgan fingerprint density at radius 2 is 2.33 bits per heavy atom. The maximum atomic E-state index is 13.2. The van der Waals surface area contributed by atoms with Crippen molar-refractivity contribution in [1.82, 2.24) is 5.32 Å². The molecular formula is C13H16FNO3. The highest BCUT2D eigenvalue weighted by Gasteiger charge is 2.14. The lowest BCUT2D eigenvalue weighted by atomic mass is 10.2. The minimum absolute atomic E-state index is 0.209. The molecule has 1 aromatic rings. The molecule has 98 valence electrons. The van der Waals surface area contributed by atoms with Gasteiger partial charge in [0.15, 0.2) is 6.10 Å². The molecule has 5 heteroatoms. The zero-order chi connectivity index (χ0) is 13.5. The van der Waals surface area contributed by atoms with Crippen molar-refractivity contribution in [3.05, 3.63) is 42.2 Å². The molecular weight excluding hydrogens is 237 g/mol. The summed E-state index contributed by atoms with van der Waals surface area (Å²) in [5.41, 5.74) is 0.392. The molecule has 0 saturated heterocycles. The van der Waals surface area contributed by atoms with Crippen LogP contribution in [0.1, 0.15) is 12.5 Å². The molecule has 1 amide bonds. The third-order valence-corrected chi connectivity index (χ3v) is 2.22. The molecule has 0 heterocycles. The van der Waals surface area contributed by atoms with Crippen LogP contribution in [-0.4, -0.2) is 23.7 Å². The van der Waals surface area contributed by atoms with Crippen LogP contribution in [0.2, 0.25) is 0 Å². The fourth-order valence-electron chi connectivity index (χ4n) is 1.35. The highest BCUT2D eigenvalue weighted by Crippen LogP contribution is 2.17. The van der Waals surface area contributed by atoms with Crippen LogP contribution in [0.5, 0.6) is 5.75 Å². The van der Waals surface area contributed by atoms with E-state index >= 15 is 0 Å². The maximum absolute atomic E-state index is 13.2. The fourth-order valence-corrected chi connectivity index (χ4v) is 1.35. The minimum atomic E-state index is -0.752. The van der Waals surface area contributed by atoms with Gasteiger partial charge in [0.1, 0.15) is 11.6 Å². The molecule has 1 unspecified atom stereocenters. The first kappa shape index (κ1) is 14.2. The highest BCUT2D eigenvalue weighted by atomic mass is 19.1. The van der Waals surface area contributed by atoms with Crippen molar-refractivity contribution in [2.24, 2.45) is 0 Å². The number of aliphatic hydroxyl groups is 1. The number of hydrogen-bond donors (Lipinski definition) is 2. The first-order valence-corrected chi connectivity index (χ1v) is 5.52. The molecule has 18 heavy (non-hydrogen) atoms. The molecule has 1 atom stereocenters. The second kappa shape index (κ2) is 6.76. The molecule has 0 aromatic heterocycles. The lowest BCUT2D eigenvalue weighted by Crippen LogP contribution is -2.36. The van der Waals surface area contributed by atoms with Gasteiger partial charge in [-0.1, -0.05) is 6.08 Å². The van der Waals surface area contributed by atoms with Gasteiger partial charge in [0.2, 0.25) is 0 Å². The van der Waals surface area contributed by atoms with Gasteiger partial charge in [-0.3, -0.25) is 4.79 Å². The van der Waals surface area contributed by atoms with Crippen LogP contribution in [0.15, 0.2) is 30.9 Å². The Hall–Kier alpha value is -1.88. The maximum Gasteiger partial charge on any atom is 0.261 e. The highest BCUT2D eigenvalue weighted by molar-refractivity contribution is 5.80. The third kappa shape index (κ3) is 4.18. The summed E-state index contributed by atoms with van der Waals surface area (Å²) in [7, 11) is 0. The zero-order valence-corrected chi connectivity index (χ0v) is 10.1. The average Bonchev–Trinajstić information content (AvgIpc) is 2.34. The molecule has 0 radical (unpaired) electrons. The van der Waals surface area contributed by atoms with E-state index in [1.807, 2.05) is 0 Å². The Kier molecular flexibility index (Phi) is 5.32. The van der Waals surface area contributed by atoms with Crippen molar-refractivity contribution >= 4 is 5.91 Å². The predicted molar refractivity (Wildman–Crippen MR) is 65.6 cm³/mol. The van der Waals surface area contributed by atoms with Gasteiger partial charge in [0, 0.05) is 12.6 Å². The first-order chi connectivity index (χ1) is 8.56. The third-order valence-electron chi connectivity index (χ3n) is 2.22. The summed E-state index contributed by atoms with van der Waals surface area (Å²) in [6.45, 7) is 5.09. The monoisotopic (exact) mass is 253 g/mol. The lowest BCUT2D eigenvalue weighted by molar-refractivity contribution is -0.127. The van der Waals surface area contributed by atoms with Crippen molar-refractivity contribution < 1.29 is 19.0 Å². The molecule has 0 aliphatic carbocycles. The second-order valence-electron chi connectivity index (χ2n) is 3.75. The van der Waals surface area contributed by atoms with Gasteiger partial charge in [0.25, 0.3) is 5.91 Å². The number of amides is 1. The number of carbonyl (C=O) groups is 1. The van der Waals surface area contributed by atoms with Gasteiger partial charge < -0.3 is 15.2 Å². The summed E-state index contributed by atoms with van der Waals surface area (Å²) in [4.78, 5) is 11.5. The summed E-state index contributed by atoms with van der Waals surface area (Å²) < 4.78 is 18.5. The van der Waals surface area contributed by atoms with Crippen LogP contribution in [0.3, 0.4) is 0 Å². The standard InChI is InChI=1S/C13H16FNO3/c1-3-4-15-13(17)9(2)18-12-6-10(8-16)5-11(14)7-12/h3,5-7,9,16H,1,4,8H2,2H3,(H,15,17). The number of benzene rings is 1. The normalized spacial score (nSPS) is 11.7. The van der Waals surface area contributed by atoms with E-state index in [9.17, 15) is 9.18 Å². The van der Waals surface area contributed by atoms with Crippen LogP contribution in [-0.2, 0) is 11.4 Å². The molecule has 0 aliphatic heterocycles. The number of aliphatic hydroxyl groups excluding tert-OH is 1. The van der Waals surface area contributed by atoms with Crippen molar-refractivity contribution in [2.75, 3.05) is 6.54 Å². The zero-order valence-electron chi connectivity index (χ0n) is 10.1. The number of rotatable bonds is 6. The molecule has 1 rings (SSSR count). The van der Waals surface area contributed by atoms with Crippen molar-refractivity contribution in [1.29, 1.82) is 0 Å². The number of halogens is 1. The Morgan fingerprint density at radius 1 is 1.61 bits per heavy atom. The van der Waals surface area contributed by atoms with Crippen LogP contribution in [0, 0.1) is 5.82 Å². The average molecular weight is 253 g/mol. The van der Waals surface area contributed by atoms with Gasteiger partial charge in [-0.05, 0) is 24.6 Å². The lowest BCUT2D eigenvalue weighted by Gasteiger charge is -2.14. The van der Waals surface area contributed by atoms with Gasteiger partial charge in [-0.2, -0.15) is 0 Å². The molecule has 0 spiro atoms. The topological polar surface area (TPSA) is 58.6 Å². The van der Waals surface area contributed by atoms with E-state index in [-0.39, 0.29) is 18.3 Å². The van der Waals surface area contributed by atoms with E-state index in [0.717, 1.165) is 6.07 Å². The van der Waals surface area contributed by atoms with Crippen LogP contribution >= 0.6 is 0 Å². The molecule has 0 bridgehead atoms. The molecule has 4 nitrogen and oxygen atoms in total. The van der Waals surface area contributed by atoms with Crippen LogP contribution < -0.4 is 10.1 Å². The van der Waals surface area contributed by atoms with E-state index in [1.54, 1.807) is 13.0 Å². The number of carbonyl (C=O) groups excluding carboxylic acids is 1. The van der Waals surface area contributed by atoms with Crippen molar-refractivity contribution in [3.63, 3.8) is 0 Å². The molecule has 0 aliphatic rings. The Morgan fingerprint density at radius 3 is 2.94 bits per heavy atom. The van der Waals surface area contributed by atoms with E-state index < -0.39 is 11.9 Å². The number of ether oxygens (including phenoxy) is 1. The summed E-state index contributed by atoms with van der Waals surface area (Å²) in [6, 6.07) is 3.85. The number of nitrogens with one attached hydrogen (secondary N) is 1. The van der Waals surface area contributed by atoms with Crippen molar-refractivity contribution in [3.8, 4) is 5.75 Å². The van der Waals surface area contributed by atoms with Gasteiger partial charge >= 0.3 is 0 Å². The van der Waals surface area contributed by atoms with E-state index in [4.69, 9.17) is 9.84 Å². The van der Waals surface area contributed by atoms with E-state index in [2.05, 4.69) is 11.9 Å². The second-order valence-corrected chi connectivity index (χ2v) is 3.75. The number of hydrogen-bond acceptors (Lipinski definition) is 3. The summed E-state index contributed by atoms with van der Waals surface area (Å²) >= 11 is 0. The predicted octanol–water partition coefficient (Wildman–Crippen LogP) is 1.39. The largest absolute Gasteiger partial charge is 0.481 e. The Bertz CT molecular complexity index is 434. The van der Waals surface area contributed by atoms with Gasteiger partial charge in [-0.15, -0.1) is 6.58 Å². The van der Waals surface area contributed by atoms with Crippen LogP contribution in [0.4, 0.5) is 4.39 Å². The molecule has 1 aromatic carbocycles. The Balaban J connectivity index is 2.68. The van der Waals surface area contributed by atoms with E-state index in [0.29, 0.717) is 12.1 Å². The van der Waals surface area contributed by atoms with Gasteiger partial charge in [0.05, 0.1) is 6.61 Å². The fraction of sp³-hybridized carbons (Fsp3) is 0.308. The Labute approximate surface area is 105 Å². The minimum Gasteiger partial charge on any atom is -0.481 e. The summed E-state index contributed by atoms with van der Waals surface area (Å²) in [5.74, 6) is -0.625. The molecule has 0 saturated carbocycles. The summed E-state index contributed by atoms with van der Waals surface area (Å²) in [5, 5.41) is 11.5. The quantitative estimate of drug-likeness (QED) is 0.753.